The number of phenols is 1. The van der Waals surface area contributed by atoms with Crippen LogP contribution in [0.3, 0.4) is 0 Å². The molecule has 3 aliphatic rings. The summed E-state index contributed by atoms with van der Waals surface area (Å²) in [7, 11) is 2.30. The number of fused-ring (bicyclic) bond motifs is 1. The third kappa shape index (κ3) is 9.80. The Hall–Kier alpha value is -1.55. The fraction of sp³-hybridized carbons (Fsp3) is 0.800. The van der Waals surface area contributed by atoms with E-state index in [1.807, 2.05) is 6.07 Å². The lowest BCUT2D eigenvalue weighted by atomic mass is 9.52. The van der Waals surface area contributed by atoms with Crippen LogP contribution < -0.4 is 0 Å². The molecule has 2 fully saturated rings. The van der Waals surface area contributed by atoms with E-state index in [9.17, 15) is 9.90 Å². The Morgan fingerprint density at radius 2 is 1.46 bits per heavy atom. The molecule has 0 amide bonds. The minimum Gasteiger partial charge on any atom is -0.508 e. The van der Waals surface area contributed by atoms with Crippen LogP contribution in [-0.2, 0) is 16.6 Å². The van der Waals surface area contributed by atoms with Crippen molar-refractivity contribution in [3.05, 3.63) is 29.3 Å². The number of hydrogen-bond donors (Lipinski definition) is 2. The van der Waals surface area contributed by atoms with E-state index in [0.717, 1.165) is 24.8 Å². The first-order valence-corrected chi connectivity index (χ1v) is 16.7. The number of carboxylic acids is 1. The summed E-state index contributed by atoms with van der Waals surface area (Å²) in [4.78, 5) is 12.9. The first-order valence-electron chi connectivity index (χ1n) is 16.7. The van der Waals surface area contributed by atoms with Gasteiger partial charge in [0.25, 0.3) is 0 Å². The molecule has 1 aliphatic heterocycles. The highest BCUT2D eigenvalue weighted by Gasteiger charge is 2.53. The van der Waals surface area contributed by atoms with Crippen molar-refractivity contribution < 1.29 is 15.0 Å². The van der Waals surface area contributed by atoms with Gasteiger partial charge in [-0.15, -0.1) is 0 Å². The summed E-state index contributed by atoms with van der Waals surface area (Å²) in [5.41, 5.74) is 3.36. The maximum atomic E-state index is 10.3. The zero-order valence-electron chi connectivity index (χ0n) is 25.4. The molecule has 4 heteroatoms. The second kappa shape index (κ2) is 17.3. The number of benzene rings is 1. The Bertz CT molecular complexity index is 839. The van der Waals surface area contributed by atoms with E-state index in [-0.39, 0.29) is 0 Å². The highest BCUT2D eigenvalue weighted by molar-refractivity contribution is 5.66. The molecule has 39 heavy (non-hydrogen) atoms. The highest BCUT2D eigenvalue weighted by atomic mass is 16.4. The number of hydrogen-bond acceptors (Lipinski definition) is 3. The lowest BCUT2D eigenvalue weighted by Crippen LogP contribution is -2.59. The fourth-order valence-corrected chi connectivity index (χ4v) is 7.83. The van der Waals surface area contributed by atoms with Gasteiger partial charge in [0.15, 0.2) is 0 Å². The van der Waals surface area contributed by atoms with Gasteiger partial charge in [0.2, 0.25) is 0 Å². The van der Waals surface area contributed by atoms with Crippen LogP contribution >= 0.6 is 0 Å². The molecular formula is C35H59NO3. The molecule has 1 heterocycles. The quantitative estimate of drug-likeness (QED) is 0.205. The number of nitrogens with zero attached hydrogens (tertiary/aromatic N) is 1. The number of aromatic hydroxyl groups is 1. The molecule has 0 aromatic heterocycles. The van der Waals surface area contributed by atoms with Crippen molar-refractivity contribution in [2.45, 2.75) is 160 Å². The average molecular weight is 542 g/mol. The molecule has 2 aliphatic carbocycles. The predicted molar refractivity (Wildman–Crippen MR) is 164 cm³/mol. The summed E-state index contributed by atoms with van der Waals surface area (Å²) in [6, 6.07) is 6.85. The summed E-state index contributed by atoms with van der Waals surface area (Å²) in [5, 5.41) is 18.4. The van der Waals surface area contributed by atoms with Gasteiger partial charge in [-0.2, -0.15) is 0 Å². The monoisotopic (exact) mass is 541 g/mol. The Kier molecular flexibility index (Phi) is 14.2. The van der Waals surface area contributed by atoms with Crippen molar-refractivity contribution in [2.24, 2.45) is 5.92 Å². The van der Waals surface area contributed by atoms with Gasteiger partial charge < -0.3 is 15.1 Å². The van der Waals surface area contributed by atoms with Gasteiger partial charge in [-0.05, 0) is 74.9 Å². The smallest absolute Gasteiger partial charge is 0.303 e. The number of aliphatic carboxylic acids is 1. The number of phenolic OH excluding ortho intramolecular Hbond substituents is 1. The summed E-state index contributed by atoms with van der Waals surface area (Å²) in [6.07, 6.45) is 28.1. The summed E-state index contributed by atoms with van der Waals surface area (Å²) in [6.45, 7) is 3.49. The normalized spacial score (nSPS) is 23.8. The summed E-state index contributed by atoms with van der Waals surface area (Å²) >= 11 is 0. The molecule has 3 atom stereocenters. The maximum Gasteiger partial charge on any atom is 0.303 e. The number of carboxylic acid groups (broad SMARTS) is 1. The van der Waals surface area contributed by atoms with Crippen LogP contribution in [0, 0.1) is 5.92 Å². The van der Waals surface area contributed by atoms with Crippen molar-refractivity contribution in [2.75, 3.05) is 13.6 Å². The van der Waals surface area contributed by atoms with Gasteiger partial charge in [-0.25, -0.2) is 0 Å². The lowest BCUT2D eigenvalue weighted by molar-refractivity contribution is -0.137. The van der Waals surface area contributed by atoms with E-state index in [1.54, 1.807) is 0 Å². The van der Waals surface area contributed by atoms with E-state index >= 15 is 0 Å². The van der Waals surface area contributed by atoms with Gasteiger partial charge in [0, 0.05) is 17.9 Å². The number of unbranched alkanes of at least 4 members (excludes halogenated alkanes) is 14. The Labute approximate surface area is 240 Å². The van der Waals surface area contributed by atoms with E-state index in [4.69, 9.17) is 5.11 Å². The number of likely N-dealkylation sites (N-methyl/N-ethyl adjacent to an activating group) is 1. The first kappa shape index (κ1) is 32.0. The molecular weight excluding hydrogens is 482 g/mol. The highest BCUT2D eigenvalue weighted by Crippen LogP contribution is 2.55. The number of likely N-dealkylation sites (tertiary alicyclic amines) is 1. The first-order chi connectivity index (χ1) is 19.0. The molecule has 0 spiro atoms. The maximum absolute atomic E-state index is 10.3. The minimum absolute atomic E-state index is 0.345. The van der Waals surface area contributed by atoms with Crippen molar-refractivity contribution >= 4 is 5.97 Å². The van der Waals surface area contributed by atoms with Crippen LogP contribution in [-0.4, -0.2) is 40.7 Å². The average Bonchev–Trinajstić information content (AvgIpc) is 2.93. The second-order valence-corrected chi connectivity index (χ2v) is 12.9. The largest absolute Gasteiger partial charge is 0.508 e. The van der Waals surface area contributed by atoms with E-state index in [1.165, 1.54) is 140 Å². The minimum atomic E-state index is -0.653. The fourth-order valence-electron chi connectivity index (χ4n) is 7.83. The molecule has 1 aromatic carbocycles. The van der Waals surface area contributed by atoms with Crippen molar-refractivity contribution in [1.82, 2.24) is 4.90 Å². The third-order valence-corrected chi connectivity index (χ3v) is 10.1. The third-order valence-electron chi connectivity index (χ3n) is 10.1. The lowest BCUT2D eigenvalue weighted by Gasteiger charge is -2.58. The topological polar surface area (TPSA) is 60.8 Å². The molecule has 0 radical (unpaired) electrons. The van der Waals surface area contributed by atoms with Gasteiger partial charge in [-0.3, -0.25) is 4.79 Å². The van der Waals surface area contributed by atoms with E-state index in [0.29, 0.717) is 17.6 Å². The second-order valence-electron chi connectivity index (χ2n) is 12.9. The number of piperidine rings is 1. The SMILES string of the molecule is CCCCCCCCCCCCCCCCCC(=O)O.CN1CC[C@]23CCCC[C@H]2[C@H]1Cc1ccc(O)cc13. The van der Waals surface area contributed by atoms with Crippen molar-refractivity contribution in [1.29, 1.82) is 0 Å². The zero-order chi connectivity index (χ0) is 27.9. The standard InChI is InChI=1S/C18H36O2.C17H23NO/c1-2-3-4-5-6-7-8-9-10-11-12-13-14-15-16-17-18(19)20;1-18-9-8-17-7-3-2-4-14(17)16(18)10-12-5-6-13(19)11-15(12)17/h2-17H2,1H3,(H,19,20);5-6,11,14,16,19H,2-4,7-10H2,1H3/t;14-,16+,17+/m.0/s1. The van der Waals surface area contributed by atoms with Crippen LogP contribution in [0.15, 0.2) is 18.2 Å². The van der Waals surface area contributed by atoms with Crippen molar-refractivity contribution in [3.8, 4) is 5.75 Å². The molecule has 1 saturated carbocycles. The van der Waals surface area contributed by atoms with Gasteiger partial charge in [-0.1, -0.05) is 116 Å². The van der Waals surface area contributed by atoms with Crippen LogP contribution in [0.25, 0.3) is 0 Å². The predicted octanol–water partition coefficient (Wildman–Crippen LogP) is 9.41. The van der Waals surface area contributed by atoms with Gasteiger partial charge in [0.05, 0.1) is 0 Å². The molecule has 0 unspecified atom stereocenters. The van der Waals surface area contributed by atoms with E-state index < -0.39 is 5.97 Å². The molecule has 4 rings (SSSR count). The van der Waals surface area contributed by atoms with Crippen LogP contribution in [0.1, 0.15) is 153 Å². The molecule has 1 aromatic rings. The van der Waals surface area contributed by atoms with Crippen molar-refractivity contribution in [3.63, 3.8) is 0 Å². The molecule has 222 valence electrons. The molecule has 1 saturated heterocycles. The Morgan fingerprint density at radius 1 is 0.872 bits per heavy atom. The molecule has 4 nitrogen and oxygen atoms in total. The number of carbonyl (C=O) groups is 1. The van der Waals surface area contributed by atoms with Crippen LogP contribution in [0.2, 0.25) is 0 Å². The Balaban J connectivity index is 0.000000215. The van der Waals surface area contributed by atoms with Crippen LogP contribution in [0.4, 0.5) is 0 Å². The summed E-state index contributed by atoms with van der Waals surface area (Å²) in [5.74, 6) is 0.615. The number of rotatable bonds is 16. The van der Waals surface area contributed by atoms with E-state index in [2.05, 4.69) is 31.0 Å². The van der Waals surface area contributed by atoms with Gasteiger partial charge in [0.1, 0.15) is 5.75 Å². The molecule has 2 bridgehead atoms. The van der Waals surface area contributed by atoms with Gasteiger partial charge >= 0.3 is 5.97 Å². The van der Waals surface area contributed by atoms with Crippen LogP contribution in [0.5, 0.6) is 5.75 Å². The zero-order valence-corrected chi connectivity index (χ0v) is 25.4. The Morgan fingerprint density at radius 3 is 2.05 bits per heavy atom. The molecule has 2 N–H and O–H groups in total. The summed E-state index contributed by atoms with van der Waals surface area (Å²) < 4.78 is 0.